The Labute approximate surface area is 200 Å². The zero-order chi connectivity index (χ0) is 23.9. The minimum absolute atomic E-state index is 0.195. The predicted octanol–water partition coefficient (Wildman–Crippen LogP) is 3.00. The zero-order valence-corrected chi connectivity index (χ0v) is 19.4. The Kier molecular flexibility index (Phi) is 4.47. The van der Waals surface area contributed by atoms with Crippen LogP contribution in [0, 0.1) is 18.8 Å². The van der Waals surface area contributed by atoms with Crippen molar-refractivity contribution in [2.24, 2.45) is 11.8 Å². The highest BCUT2D eigenvalue weighted by Crippen LogP contribution is 2.61. The van der Waals surface area contributed by atoms with E-state index in [4.69, 9.17) is 16.3 Å². The molecule has 9 heteroatoms. The Hall–Kier alpha value is -3.23. The van der Waals surface area contributed by atoms with Crippen molar-refractivity contribution >= 4 is 46.7 Å². The molecule has 3 fully saturated rings. The molecule has 4 aliphatic rings. The smallest absolute Gasteiger partial charge is 0.308 e. The number of ether oxygens (including phenoxy) is 1. The number of rotatable bonds is 2. The van der Waals surface area contributed by atoms with Gasteiger partial charge in [-0.05, 0) is 62.2 Å². The number of fused-ring (bicyclic) bond motifs is 7. The monoisotopic (exact) mass is 479 g/mol. The summed E-state index contributed by atoms with van der Waals surface area (Å²) in [6.45, 7) is 3.78. The summed E-state index contributed by atoms with van der Waals surface area (Å²) in [4.78, 5) is 55.9. The summed E-state index contributed by atoms with van der Waals surface area (Å²) in [7, 11) is 0. The summed E-state index contributed by atoms with van der Waals surface area (Å²) in [6, 6.07) is 9.64. The van der Waals surface area contributed by atoms with Gasteiger partial charge in [-0.15, -0.1) is 0 Å². The summed E-state index contributed by atoms with van der Waals surface area (Å²) in [5, 5.41) is 3.52. The van der Waals surface area contributed by atoms with Crippen LogP contribution < -0.4 is 15.0 Å². The summed E-state index contributed by atoms with van der Waals surface area (Å²) < 4.78 is 5.07. The number of halogens is 1. The minimum Gasteiger partial charge on any atom is -0.427 e. The van der Waals surface area contributed by atoms with Crippen LogP contribution in [-0.4, -0.2) is 41.2 Å². The predicted molar refractivity (Wildman–Crippen MR) is 123 cm³/mol. The van der Waals surface area contributed by atoms with Gasteiger partial charge < -0.3 is 10.1 Å². The summed E-state index contributed by atoms with van der Waals surface area (Å²) in [5.41, 5.74) is 1.25. The van der Waals surface area contributed by atoms with Gasteiger partial charge >= 0.3 is 5.97 Å². The van der Waals surface area contributed by atoms with Gasteiger partial charge in [-0.3, -0.25) is 24.1 Å². The largest absolute Gasteiger partial charge is 0.427 e. The van der Waals surface area contributed by atoms with E-state index < -0.39 is 23.3 Å². The Morgan fingerprint density at radius 3 is 2.56 bits per heavy atom. The van der Waals surface area contributed by atoms with E-state index in [2.05, 4.69) is 10.2 Å². The second-order valence-electron chi connectivity index (χ2n) is 9.32. The van der Waals surface area contributed by atoms with Gasteiger partial charge in [0.25, 0.3) is 0 Å². The molecule has 3 saturated heterocycles. The fourth-order valence-electron chi connectivity index (χ4n) is 6.47. The van der Waals surface area contributed by atoms with E-state index in [0.29, 0.717) is 34.3 Å². The Morgan fingerprint density at radius 1 is 1.12 bits per heavy atom. The van der Waals surface area contributed by atoms with Gasteiger partial charge in [0, 0.05) is 23.6 Å². The molecule has 34 heavy (non-hydrogen) atoms. The van der Waals surface area contributed by atoms with Crippen molar-refractivity contribution < 1.29 is 23.9 Å². The number of amides is 3. The molecule has 2 aromatic rings. The molecule has 3 amide bonds. The van der Waals surface area contributed by atoms with Gasteiger partial charge in [0.05, 0.1) is 23.2 Å². The van der Waals surface area contributed by atoms with Crippen molar-refractivity contribution in [1.29, 1.82) is 0 Å². The average molecular weight is 480 g/mol. The lowest BCUT2D eigenvalue weighted by Gasteiger charge is -2.36. The summed E-state index contributed by atoms with van der Waals surface area (Å²) >= 11 is 6.33. The molecule has 6 rings (SSSR count). The molecule has 0 radical (unpaired) electrons. The number of hydrogen-bond donors (Lipinski definition) is 1. The van der Waals surface area contributed by atoms with Gasteiger partial charge in [-0.25, -0.2) is 4.90 Å². The summed E-state index contributed by atoms with van der Waals surface area (Å²) in [6.07, 6.45) is 1.60. The Bertz CT molecular complexity index is 1290. The quantitative estimate of drug-likeness (QED) is 0.404. The van der Waals surface area contributed by atoms with Crippen molar-refractivity contribution in [3.8, 4) is 5.75 Å². The molecule has 1 spiro atoms. The molecule has 1 N–H and O–H groups in total. The van der Waals surface area contributed by atoms with Gasteiger partial charge in [0.2, 0.25) is 17.7 Å². The van der Waals surface area contributed by atoms with Gasteiger partial charge in [-0.1, -0.05) is 17.7 Å². The van der Waals surface area contributed by atoms with Crippen LogP contribution in [0.2, 0.25) is 5.02 Å². The first-order chi connectivity index (χ1) is 16.3. The van der Waals surface area contributed by atoms with Crippen LogP contribution in [0.25, 0.3) is 0 Å². The lowest BCUT2D eigenvalue weighted by atomic mass is 9.75. The first-order valence-electron chi connectivity index (χ1n) is 11.3. The van der Waals surface area contributed by atoms with Crippen molar-refractivity contribution in [1.82, 2.24) is 4.90 Å². The van der Waals surface area contributed by atoms with E-state index in [-0.39, 0.29) is 23.8 Å². The normalized spacial score (nSPS) is 29.4. The van der Waals surface area contributed by atoms with Crippen molar-refractivity contribution in [2.45, 2.75) is 38.3 Å². The Morgan fingerprint density at radius 2 is 1.85 bits per heavy atom. The third-order valence-corrected chi connectivity index (χ3v) is 8.13. The lowest BCUT2D eigenvalue weighted by Crippen LogP contribution is -2.54. The van der Waals surface area contributed by atoms with Crippen molar-refractivity contribution in [3.05, 3.63) is 52.5 Å². The second-order valence-corrected chi connectivity index (χ2v) is 9.73. The van der Waals surface area contributed by atoms with Crippen molar-refractivity contribution in [2.75, 3.05) is 16.8 Å². The number of nitrogens with zero attached hydrogens (tertiary/aromatic N) is 2. The fourth-order valence-corrected chi connectivity index (χ4v) is 6.63. The molecular weight excluding hydrogens is 458 g/mol. The van der Waals surface area contributed by atoms with Crippen molar-refractivity contribution in [3.63, 3.8) is 0 Å². The molecule has 4 aliphatic heterocycles. The maximum atomic E-state index is 13.9. The number of carbonyl (C=O) groups excluding carboxylic acids is 4. The maximum Gasteiger partial charge on any atom is 0.308 e. The van der Waals surface area contributed by atoms with E-state index in [1.807, 2.05) is 13.0 Å². The second kappa shape index (κ2) is 7.13. The molecule has 4 heterocycles. The third-order valence-electron chi connectivity index (χ3n) is 7.72. The number of esters is 1. The number of benzene rings is 2. The van der Waals surface area contributed by atoms with Gasteiger partial charge in [-0.2, -0.15) is 0 Å². The highest BCUT2D eigenvalue weighted by molar-refractivity contribution is 6.32. The van der Waals surface area contributed by atoms with E-state index in [9.17, 15) is 19.2 Å². The highest BCUT2D eigenvalue weighted by Gasteiger charge is 2.74. The number of carbonyl (C=O) groups is 4. The van der Waals surface area contributed by atoms with E-state index >= 15 is 0 Å². The molecule has 0 bridgehead atoms. The molecule has 0 aliphatic carbocycles. The van der Waals surface area contributed by atoms with E-state index in [1.54, 1.807) is 30.3 Å². The number of hydrogen-bond acceptors (Lipinski definition) is 6. The molecule has 2 aromatic carbocycles. The molecule has 0 unspecified atom stereocenters. The molecular formula is C25H22ClN3O5. The standard InChI is InChI=1S/C25H22ClN3O5/c1-12-17(26)10-9-16-21(12)27-24(33)25(16)20-19(18-4-3-11-28(18)25)22(31)29(23(20)32)14-5-7-15(8-6-14)34-13(2)30/h5-10,18-20H,3-4,11H2,1-2H3,(H,27,33)/t18-,19+,20+,25-/m0/s1. The van der Waals surface area contributed by atoms with E-state index in [1.165, 1.54) is 11.8 Å². The van der Waals surface area contributed by atoms with Crippen LogP contribution in [0.1, 0.15) is 30.9 Å². The lowest BCUT2D eigenvalue weighted by molar-refractivity contribution is -0.135. The molecule has 0 aromatic heterocycles. The van der Waals surface area contributed by atoms with Crippen LogP contribution in [0.15, 0.2) is 36.4 Å². The molecule has 174 valence electrons. The zero-order valence-electron chi connectivity index (χ0n) is 18.6. The maximum absolute atomic E-state index is 13.9. The number of nitrogens with one attached hydrogen (secondary N) is 1. The van der Waals surface area contributed by atoms with Crippen LogP contribution in [0.4, 0.5) is 11.4 Å². The third kappa shape index (κ3) is 2.52. The van der Waals surface area contributed by atoms with Crippen LogP contribution in [-0.2, 0) is 24.7 Å². The topological polar surface area (TPSA) is 96.0 Å². The first-order valence-corrected chi connectivity index (χ1v) is 11.7. The number of anilines is 2. The van der Waals surface area contributed by atoms with Gasteiger partial charge in [0.15, 0.2) is 0 Å². The highest BCUT2D eigenvalue weighted by atomic mass is 35.5. The van der Waals surface area contributed by atoms with Crippen LogP contribution >= 0.6 is 11.6 Å². The fraction of sp³-hybridized carbons (Fsp3) is 0.360. The minimum atomic E-state index is -1.24. The van der Waals surface area contributed by atoms with Crippen LogP contribution in [0.5, 0.6) is 5.75 Å². The Balaban J connectivity index is 1.48. The molecule has 4 atom stereocenters. The van der Waals surface area contributed by atoms with Crippen LogP contribution in [0.3, 0.4) is 0 Å². The first kappa shape index (κ1) is 21.3. The average Bonchev–Trinajstić information content (AvgIpc) is 3.50. The SMILES string of the molecule is CC(=O)Oc1ccc(N2C(=O)[C@@H]3[C@@H]4CCCN4[C@]4(C(=O)Nc5c4ccc(Cl)c5C)[C@H]3C2=O)cc1. The molecule has 8 nitrogen and oxygen atoms in total. The summed E-state index contributed by atoms with van der Waals surface area (Å²) in [5.74, 6) is -2.54. The molecule has 0 saturated carbocycles. The van der Waals surface area contributed by atoms with E-state index in [0.717, 1.165) is 18.4 Å². The number of imide groups is 1. The van der Waals surface area contributed by atoms with Gasteiger partial charge in [0.1, 0.15) is 11.3 Å².